The second-order valence-corrected chi connectivity index (χ2v) is 6.39. The van der Waals surface area contributed by atoms with E-state index in [1.165, 1.54) is 0 Å². The van der Waals surface area contributed by atoms with Gasteiger partial charge in [-0.05, 0) is 38.1 Å². The maximum Gasteiger partial charge on any atom is 0.106 e. The lowest BCUT2D eigenvalue weighted by Gasteiger charge is -2.36. The number of anilines is 2. The Morgan fingerprint density at radius 2 is 2.32 bits per heavy atom. The van der Waals surface area contributed by atoms with Gasteiger partial charge in [-0.1, -0.05) is 6.92 Å². The van der Waals surface area contributed by atoms with Crippen molar-refractivity contribution in [2.24, 2.45) is 5.92 Å². The van der Waals surface area contributed by atoms with Gasteiger partial charge < -0.3 is 16.0 Å². The van der Waals surface area contributed by atoms with Crippen LogP contribution in [0.3, 0.4) is 0 Å². The standard InChI is InChI=1S/C14H20N4S/c1-9-7-18(2)6-5-10(9)17-11-3-4-12-14(13(11)15)16-8-19-12/h3-4,8-10,17H,5-7,15H2,1-2H3. The first-order valence-electron chi connectivity index (χ1n) is 6.72. The van der Waals surface area contributed by atoms with Gasteiger partial charge in [-0.3, -0.25) is 0 Å². The first-order chi connectivity index (χ1) is 9.15. The van der Waals surface area contributed by atoms with E-state index in [4.69, 9.17) is 5.73 Å². The number of nitrogens with one attached hydrogen (secondary N) is 1. The molecule has 2 heterocycles. The molecule has 1 aromatic heterocycles. The van der Waals surface area contributed by atoms with Crippen molar-refractivity contribution in [2.45, 2.75) is 19.4 Å². The Balaban J connectivity index is 1.83. The third-order valence-corrected chi connectivity index (χ3v) is 4.78. The average Bonchev–Trinajstić information content (AvgIpc) is 2.85. The fraction of sp³-hybridized carbons (Fsp3) is 0.500. The molecule has 0 spiro atoms. The summed E-state index contributed by atoms with van der Waals surface area (Å²) < 4.78 is 1.15. The van der Waals surface area contributed by atoms with Gasteiger partial charge in [0.2, 0.25) is 0 Å². The fourth-order valence-corrected chi connectivity index (χ4v) is 3.54. The summed E-state index contributed by atoms with van der Waals surface area (Å²) in [6, 6.07) is 4.68. The maximum absolute atomic E-state index is 6.22. The van der Waals surface area contributed by atoms with Crippen LogP contribution in [0.2, 0.25) is 0 Å². The van der Waals surface area contributed by atoms with Gasteiger partial charge >= 0.3 is 0 Å². The average molecular weight is 276 g/mol. The highest BCUT2D eigenvalue weighted by molar-refractivity contribution is 7.16. The molecule has 3 rings (SSSR count). The van der Waals surface area contributed by atoms with Gasteiger partial charge in [0.25, 0.3) is 0 Å². The molecule has 2 atom stereocenters. The van der Waals surface area contributed by atoms with E-state index >= 15 is 0 Å². The van der Waals surface area contributed by atoms with Gasteiger partial charge in [0.1, 0.15) is 5.52 Å². The van der Waals surface area contributed by atoms with Gasteiger partial charge in [-0.25, -0.2) is 4.98 Å². The minimum absolute atomic E-state index is 0.495. The number of fused-ring (bicyclic) bond motifs is 1. The van der Waals surface area contributed by atoms with Gasteiger partial charge in [-0.15, -0.1) is 11.3 Å². The zero-order valence-corrected chi connectivity index (χ0v) is 12.2. The second kappa shape index (κ2) is 4.98. The lowest BCUT2D eigenvalue weighted by molar-refractivity contribution is 0.206. The molecule has 1 aromatic carbocycles. The maximum atomic E-state index is 6.22. The molecule has 0 saturated carbocycles. The molecule has 1 aliphatic heterocycles. The van der Waals surface area contributed by atoms with Crippen LogP contribution in [0.15, 0.2) is 17.6 Å². The molecule has 4 nitrogen and oxygen atoms in total. The van der Waals surface area contributed by atoms with Crippen LogP contribution in [0.1, 0.15) is 13.3 Å². The monoisotopic (exact) mass is 276 g/mol. The largest absolute Gasteiger partial charge is 0.395 e. The van der Waals surface area contributed by atoms with Crippen molar-refractivity contribution in [3.05, 3.63) is 17.6 Å². The van der Waals surface area contributed by atoms with E-state index in [1.54, 1.807) is 11.3 Å². The van der Waals surface area contributed by atoms with E-state index in [9.17, 15) is 0 Å². The Labute approximate surface area is 117 Å². The summed E-state index contributed by atoms with van der Waals surface area (Å²) >= 11 is 1.63. The van der Waals surface area contributed by atoms with E-state index in [0.717, 1.165) is 41.1 Å². The number of nitrogens with zero attached hydrogens (tertiary/aromatic N) is 2. The summed E-state index contributed by atoms with van der Waals surface area (Å²) in [6.07, 6.45) is 1.16. The third-order valence-electron chi connectivity index (χ3n) is 3.99. The zero-order chi connectivity index (χ0) is 13.4. The van der Waals surface area contributed by atoms with Crippen LogP contribution < -0.4 is 11.1 Å². The van der Waals surface area contributed by atoms with Crippen LogP contribution in [0.5, 0.6) is 0 Å². The van der Waals surface area contributed by atoms with Crippen LogP contribution in [0.25, 0.3) is 10.2 Å². The number of hydrogen-bond acceptors (Lipinski definition) is 5. The van der Waals surface area contributed by atoms with Crippen molar-refractivity contribution in [1.29, 1.82) is 0 Å². The number of thiazole rings is 1. The van der Waals surface area contributed by atoms with Crippen molar-refractivity contribution in [3.63, 3.8) is 0 Å². The summed E-state index contributed by atoms with van der Waals surface area (Å²) in [6.45, 7) is 4.57. The van der Waals surface area contributed by atoms with Crippen molar-refractivity contribution in [3.8, 4) is 0 Å². The van der Waals surface area contributed by atoms with Crippen molar-refractivity contribution >= 4 is 32.9 Å². The first-order valence-corrected chi connectivity index (χ1v) is 7.60. The van der Waals surface area contributed by atoms with Crippen LogP contribution in [0.4, 0.5) is 11.4 Å². The van der Waals surface area contributed by atoms with Crippen LogP contribution in [-0.2, 0) is 0 Å². The van der Waals surface area contributed by atoms with E-state index in [-0.39, 0.29) is 0 Å². The number of rotatable bonds is 2. The lowest BCUT2D eigenvalue weighted by atomic mass is 9.94. The molecule has 3 N–H and O–H groups in total. The number of benzene rings is 1. The summed E-state index contributed by atoms with van der Waals surface area (Å²) in [5.74, 6) is 0.629. The minimum Gasteiger partial charge on any atom is -0.395 e. The molecule has 1 fully saturated rings. The number of likely N-dealkylation sites (tertiary alicyclic amines) is 1. The van der Waals surface area contributed by atoms with Crippen molar-refractivity contribution < 1.29 is 0 Å². The lowest BCUT2D eigenvalue weighted by Crippen LogP contribution is -2.43. The van der Waals surface area contributed by atoms with Crippen LogP contribution in [0, 0.1) is 5.92 Å². The molecule has 5 heteroatoms. The second-order valence-electron chi connectivity index (χ2n) is 5.50. The molecule has 1 aliphatic rings. The zero-order valence-electron chi connectivity index (χ0n) is 11.4. The molecule has 102 valence electrons. The number of hydrogen-bond donors (Lipinski definition) is 2. The fourth-order valence-electron chi connectivity index (χ4n) is 2.85. The van der Waals surface area contributed by atoms with Crippen LogP contribution >= 0.6 is 11.3 Å². The predicted octanol–water partition coefficient (Wildman–Crippen LogP) is 2.63. The highest BCUT2D eigenvalue weighted by atomic mass is 32.1. The van der Waals surface area contributed by atoms with E-state index in [2.05, 4.69) is 41.3 Å². The number of aromatic nitrogens is 1. The smallest absolute Gasteiger partial charge is 0.106 e. The number of piperidine rings is 1. The topological polar surface area (TPSA) is 54.2 Å². The SMILES string of the molecule is CC1CN(C)CCC1Nc1ccc2scnc2c1N. The Bertz CT molecular complexity index is 580. The van der Waals surface area contributed by atoms with Crippen molar-refractivity contribution in [1.82, 2.24) is 9.88 Å². The normalized spacial score (nSPS) is 24.7. The van der Waals surface area contributed by atoms with Gasteiger partial charge in [0.15, 0.2) is 0 Å². The quantitative estimate of drug-likeness (QED) is 0.828. The molecule has 0 aliphatic carbocycles. The van der Waals surface area contributed by atoms with E-state index in [1.807, 2.05) is 5.51 Å². The van der Waals surface area contributed by atoms with Gasteiger partial charge in [-0.2, -0.15) is 0 Å². The summed E-state index contributed by atoms with van der Waals surface area (Å²) in [5, 5.41) is 3.61. The highest BCUT2D eigenvalue weighted by Gasteiger charge is 2.24. The molecular formula is C14H20N4S. The molecule has 19 heavy (non-hydrogen) atoms. The molecule has 0 bridgehead atoms. The molecule has 2 unspecified atom stereocenters. The third kappa shape index (κ3) is 2.40. The summed E-state index contributed by atoms with van der Waals surface area (Å²) in [5.41, 5.74) is 10.8. The summed E-state index contributed by atoms with van der Waals surface area (Å²) in [7, 11) is 2.18. The molecule has 0 amide bonds. The molecule has 0 radical (unpaired) electrons. The van der Waals surface area contributed by atoms with Crippen LogP contribution in [-0.4, -0.2) is 36.1 Å². The Morgan fingerprint density at radius 1 is 1.47 bits per heavy atom. The number of nitrogen functional groups attached to an aromatic ring is 1. The molecular weight excluding hydrogens is 256 g/mol. The van der Waals surface area contributed by atoms with E-state index in [0.29, 0.717) is 12.0 Å². The van der Waals surface area contributed by atoms with Gasteiger partial charge in [0, 0.05) is 12.6 Å². The molecule has 2 aromatic rings. The highest BCUT2D eigenvalue weighted by Crippen LogP contribution is 2.31. The van der Waals surface area contributed by atoms with E-state index < -0.39 is 0 Å². The summed E-state index contributed by atoms with van der Waals surface area (Å²) in [4.78, 5) is 6.73. The minimum atomic E-state index is 0.495. The Kier molecular flexibility index (Phi) is 3.33. The van der Waals surface area contributed by atoms with Gasteiger partial charge in [0.05, 0.1) is 21.6 Å². The Morgan fingerprint density at radius 3 is 3.11 bits per heavy atom. The molecule has 1 saturated heterocycles. The first kappa shape index (κ1) is 12.7. The Hall–Kier alpha value is -1.33. The number of nitrogens with two attached hydrogens (primary N) is 1. The predicted molar refractivity (Wildman–Crippen MR) is 82.7 cm³/mol. The van der Waals surface area contributed by atoms with Crippen molar-refractivity contribution in [2.75, 3.05) is 31.2 Å².